The molecule has 0 saturated carbocycles. The van der Waals surface area contributed by atoms with Crippen molar-refractivity contribution in [2.75, 3.05) is 13.2 Å². The minimum absolute atomic E-state index is 0.212. The molecule has 0 bridgehead atoms. The first kappa shape index (κ1) is 40.1. The van der Waals surface area contributed by atoms with Crippen molar-refractivity contribution in [1.82, 2.24) is 5.32 Å². The molecule has 38 heavy (non-hydrogen) atoms. The highest BCUT2D eigenvalue weighted by molar-refractivity contribution is 7.79. The molecule has 0 aromatic heterocycles. The maximum atomic E-state index is 11.1. The van der Waals surface area contributed by atoms with Crippen molar-refractivity contribution in [3.63, 3.8) is 0 Å². The molecule has 0 aliphatic carbocycles. The lowest BCUT2D eigenvalue weighted by Gasteiger charge is -2.17. The van der Waals surface area contributed by atoms with Crippen LogP contribution in [0, 0.1) is 12.8 Å². The number of nitrogens with one attached hydrogen (secondary N) is 1. The summed E-state index contributed by atoms with van der Waals surface area (Å²) in [6.45, 7) is 10.4. The number of amides is 1. The van der Waals surface area contributed by atoms with Gasteiger partial charge in [-0.15, -0.1) is 0 Å². The summed E-state index contributed by atoms with van der Waals surface area (Å²) in [5.74, 6) is -0.425. The number of phenols is 1. The first-order chi connectivity index (χ1) is 17.2. The van der Waals surface area contributed by atoms with Gasteiger partial charge in [0.05, 0.1) is 19.3 Å². The fraction of sp³-hybridized carbons (Fsp3) is 0.652. The summed E-state index contributed by atoms with van der Waals surface area (Å²) < 4.78 is 31.6. The number of hydrogen-bond donors (Lipinski definition) is 10. The van der Waals surface area contributed by atoms with Crippen molar-refractivity contribution in [1.29, 1.82) is 0 Å². The predicted octanol–water partition coefficient (Wildman–Crippen LogP) is -0.187. The van der Waals surface area contributed by atoms with Crippen LogP contribution in [-0.2, 0) is 20.0 Å². The molecule has 0 fully saturated rings. The number of aryl methyl sites for hydroxylation is 1. The highest BCUT2D eigenvalue weighted by atomic mass is 32.3. The van der Waals surface area contributed by atoms with Crippen LogP contribution in [0.3, 0.4) is 0 Å². The Hall–Kier alpha value is -2.37. The Balaban J connectivity index is -0.000000456. The van der Waals surface area contributed by atoms with Crippen LogP contribution in [0.5, 0.6) is 5.75 Å². The summed E-state index contributed by atoms with van der Waals surface area (Å²) in [5, 5.41) is 53.8. The molecule has 14 nitrogen and oxygen atoms in total. The zero-order valence-electron chi connectivity index (χ0n) is 22.5. The zero-order chi connectivity index (χ0) is 30.8. The Labute approximate surface area is 223 Å². The van der Waals surface area contributed by atoms with Crippen LogP contribution in [0.25, 0.3) is 0 Å². The fourth-order valence-electron chi connectivity index (χ4n) is 2.38. The van der Waals surface area contributed by atoms with Gasteiger partial charge in [0.2, 0.25) is 5.91 Å². The minimum Gasteiger partial charge on any atom is -0.508 e. The number of aliphatic hydroxyl groups is 4. The van der Waals surface area contributed by atoms with E-state index in [0.717, 1.165) is 11.1 Å². The van der Waals surface area contributed by atoms with Gasteiger partial charge in [-0.25, -0.2) is 4.79 Å². The van der Waals surface area contributed by atoms with Gasteiger partial charge in [0, 0.05) is 0 Å². The van der Waals surface area contributed by atoms with E-state index >= 15 is 0 Å². The van der Waals surface area contributed by atoms with E-state index in [-0.39, 0.29) is 5.92 Å². The van der Waals surface area contributed by atoms with Crippen molar-refractivity contribution in [3.8, 4) is 5.75 Å². The van der Waals surface area contributed by atoms with Crippen LogP contribution in [0.15, 0.2) is 18.2 Å². The van der Waals surface area contributed by atoms with Crippen LogP contribution >= 0.6 is 0 Å². The number of benzene rings is 1. The smallest absolute Gasteiger partial charge is 0.394 e. The summed E-state index contributed by atoms with van der Waals surface area (Å²) >= 11 is 0. The average molecular weight is 573 g/mol. The van der Waals surface area contributed by atoms with Crippen LogP contribution < -0.4 is 11.1 Å². The number of carbonyl (C=O) groups is 2. The number of nitrogens with two attached hydrogens (primary N) is 1. The normalized spacial score (nSPS) is 13.9. The van der Waals surface area contributed by atoms with Gasteiger partial charge in [-0.05, 0) is 49.3 Å². The highest BCUT2D eigenvalue weighted by Gasteiger charge is 2.22. The van der Waals surface area contributed by atoms with Gasteiger partial charge in [-0.1, -0.05) is 39.8 Å². The fourth-order valence-corrected chi connectivity index (χ4v) is 2.38. The van der Waals surface area contributed by atoms with Gasteiger partial charge < -0.3 is 41.7 Å². The molecule has 0 spiro atoms. The summed E-state index contributed by atoms with van der Waals surface area (Å²) in [4.78, 5) is 21.9. The molecule has 4 atom stereocenters. The third kappa shape index (κ3) is 24.0. The molecular formula is C23H44N2O12S. The van der Waals surface area contributed by atoms with E-state index in [4.69, 9.17) is 48.8 Å². The maximum absolute atomic E-state index is 11.1. The highest BCUT2D eigenvalue weighted by Crippen LogP contribution is 2.25. The summed E-state index contributed by atoms with van der Waals surface area (Å²) in [6, 6.07) is 4.29. The first-order valence-electron chi connectivity index (χ1n) is 11.5. The van der Waals surface area contributed by atoms with Crippen molar-refractivity contribution >= 4 is 22.3 Å². The van der Waals surface area contributed by atoms with E-state index in [2.05, 4.69) is 19.2 Å². The lowest BCUT2D eigenvalue weighted by molar-refractivity contribution is -0.142. The Morgan fingerprint density at radius 3 is 1.66 bits per heavy atom. The molecule has 15 heteroatoms. The molecule has 0 heterocycles. The van der Waals surface area contributed by atoms with Crippen LogP contribution in [0.4, 0.5) is 0 Å². The molecule has 1 rings (SSSR count). The number of carboxylic acids is 1. The number of hydrogen-bond acceptors (Lipinski definition) is 10. The van der Waals surface area contributed by atoms with Crippen molar-refractivity contribution in [3.05, 3.63) is 29.3 Å². The van der Waals surface area contributed by atoms with Gasteiger partial charge in [0.25, 0.3) is 0 Å². The molecule has 1 amide bonds. The molecule has 0 saturated heterocycles. The second-order valence-electron chi connectivity index (χ2n) is 8.98. The standard InChI is InChI=1S/C10H14O.C9H18N2O3.C4H10O4.H2O4S/c1-7(2)9-5-4-8(3)6-10(9)11;1-5(2)4-7(9(13)14)11-8(12)6(3)10;5-1-3(7)4(8)2-6;1-5(2,3)4/h4-7,11H,1-3H3;5-7H,4,10H2,1-3H3,(H,11,12)(H,13,14);3-8H,1-2H2;(H2,1,2,3,4). The number of aromatic hydroxyl groups is 1. The van der Waals surface area contributed by atoms with Gasteiger partial charge in [0.15, 0.2) is 0 Å². The SMILES string of the molecule is CC(C)CC(NC(=O)C(C)N)C(=O)O.Cc1ccc(C(C)C)c(O)c1.O=S(=O)(O)O.OCC(O)C(O)CO. The second kappa shape index (κ2) is 20.6. The van der Waals surface area contributed by atoms with E-state index in [9.17, 15) is 14.7 Å². The third-order valence-electron chi connectivity index (χ3n) is 4.36. The van der Waals surface area contributed by atoms with Gasteiger partial charge >= 0.3 is 16.4 Å². The number of aliphatic carboxylic acids is 1. The Morgan fingerprint density at radius 1 is 0.974 bits per heavy atom. The minimum atomic E-state index is -4.67. The molecule has 0 aliphatic rings. The van der Waals surface area contributed by atoms with E-state index in [1.165, 1.54) is 6.92 Å². The largest absolute Gasteiger partial charge is 0.508 e. The topological polar surface area (TPSA) is 268 Å². The van der Waals surface area contributed by atoms with Crippen LogP contribution in [0.2, 0.25) is 0 Å². The lowest BCUT2D eigenvalue weighted by Crippen LogP contribution is -2.47. The molecule has 11 N–H and O–H groups in total. The number of aliphatic hydroxyl groups excluding tert-OH is 4. The number of carbonyl (C=O) groups excluding carboxylic acids is 1. The van der Waals surface area contributed by atoms with E-state index < -0.39 is 59.8 Å². The van der Waals surface area contributed by atoms with Crippen LogP contribution in [-0.4, -0.2) is 97.5 Å². The monoisotopic (exact) mass is 572 g/mol. The molecule has 4 unspecified atom stereocenters. The Morgan fingerprint density at radius 2 is 1.39 bits per heavy atom. The van der Waals surface area contributed by atoms with Crippen LogP contribution in [0.1, 0.15) is 58.1 Å². The molecule has 1 aromatic rings. The third-order valence-corrected chi connectivity index (χ3v) is 4.36. The number of phenolic OH excluding ortho intramolecular Hbond substituents is 1. The molecule has 0 aliphatic heterocycles. The predicted molar refractivity (Wildman–Crippen MR) is 140 cm³/mol. The second-order valence-corrected chi connectivity index (χ2v) is 9.88. The molecular weight excluding hydrogens is 528 g/mol. The molecule has 0 radical (unpaired) electrons. The maximum Gasteiger partial charge on any atom is 0.394 e. The van der Waals surface area contributed by atoms with Gasteiger partial charge in [-0.3, -0.25) is 13.9 Å². The van der Waals surface area contributed by atoms with Gasteiger partial charge in [-0.2, -0.15) is 8.42 Å². The molecule has 1 aromatic carbocycles. The van der Waals surface area contributed by atoms with E-state index in [1.54, 1.807) is 6.07 Å². The van der Waals surface area contributed by atoms with Crippen molar-refractivity contribution in [2.45, 2.75) is 78.2 Å². The van der Waals surface area contributed by atoms with Gasteiger partial charge in [0.1, 0.15) is 24.0 Å². The van der Waals surface area contributed by atoms with E-state index in [0.29, 0.717) is 18.1 Å². The molecule has 224 valence electrons. The lowest BCUT2D eigenvalue weighted by atomic mass is 10.0. The van der Waals surface area contributed by atoms with E-state index in [1.807, 2.05) is 32.9 Å². The zero-order valence-corrected chi connectivity index (χ0v) is 23.3. The quantitative estimate of drug-likeness (QED) is 0.172. The average Bonchev–Trinajstić information content (AvgIpc) is 2.76. The summed E-state index contributed by atoms with van der Waals surface area (Å²) in [7, 11) is -4.67. The first-order valence-corrected chi connectivity index (χ1v) is 12.9. The Bertz CT molecular complexity index is 892. The number of rotatable bonds is 9. The van der Waals surface area contributed by atoms with Crippen molar-refractivity contribution in [2.24, 2.45) is 11.7 Å². The summed E-state index contributed by atoms with van der Waals surface area (Å²) in [6.07, 6.45) is -2.03. The number of carboxylic acid groups (broad SMARTS) is 1. The van der Waals surface area contributed by atoms with Crippen molar-refractivity contribution < 1.29 is 57.8 Å². The summed E-state index contributed by atoms with van der Waals surface area (Å²) in [5.41, 5.74) is 7.44. The Kier molecular flexibility index (Phi) is 21.7.